The maximum atomic E-state index is 13.2. The zero-order chi connectivity index (χ0) is 35.2. The van der Waals surface area contributed by atoms with Gasteiger partial charge in [0.25, 0.3) is 0 Å². The van der Waals surface area contributed by atoms with Gasteiger partial charge in [0.05, 0.1) is 38.5 Å². The average Bonchev–Trinajstić information content (AvgIpc) is 3.63. The summed E-state index contributed by atoms with van der Waals surface area (Å²) in [4.78, 5) is 26.3. The molecule has 0 amide bonds. The summed E-state index contributed by atoms with van der Waals surface area (Å²) in [6.07, 6.45) is -5.61. The Balaban J connectivity index is 1.16. The van der Waals surface area contributed by atoms with Crippen LogP contribution < -0.4 is 9.47 Å². The second kappa shape index (κ2) is 13.6. The number of methoxy groups -OCH3 is 1. The van der Waals surface area contributed by atoms with Gasteiger partial charge in [-0.25, -0.2) is 9.59 Å². The first-order valence-electron chi connectivity index (χ1n) is 16.2. The highest BCUT2D eigenvalue weighted by Crippen LogP contribution is 2.62. The first-order chi connectivity index (χ1) is 23.3. The van der Waals surface area contributed by atoms with Crippen LogP contribution >= 0.6 is 0 Å². The number of fused-ring (bicyclic) bond motifs is 3. The third-order valence-electron chi connectivity index (χ3n) is 10.8. The second-order valence-corrected chi connectivity index (χ2v) is 13.5. The van der Waals surface area contributed by atoms with Gasteiger partial charge in [0, 0.05) is 35.3 Å². The van der Waals surface area contributed by atoms with Crippen molar-refractivity contribution in [1.29, 1.82) is 0 Å². The Labute approximate surface area is 281 Å². The summed E-state index contributed by atoms with van der Waals surface area (Å²) in [5.74, 6) is -2.52. The van der Waals surface area contributed by atoms with Crippen LogP contribution in [0.1, 0.15) is 49.8 Å². The molecule has 2 aliphatic heterocycles. The van der Waals surface area contributed by atoms with Gasteiger partial charge in [-0.1, -0.05) is 13.0 Å². The molecule has 0 radical (unpaired) electrons. The van der Waals surface area contributed by atoms with E-state index in [4.69, 9.17) is 28.1 Å². The molecule has 268 valence electrons. The van der Waals surface area contributed by atoms with E-state index in [0.717, 1.165) is 0 Å². The number of carbonyl (C=O) groups excluding carboxylic acids is 2. The fourth-order valence-electron chi connectivity index (χ4n) is 8.03. The van der Waals surface area contributed by atoms with Gasteiger partial charge in [0.2, 0.25) is 6.29 Å². The van der Waals surface area contributed by atoms with Crippen molar-refractivity contribution in [2.24, 2.45) is 17.3 Å². The van der Waals surface area contributed by atoms with E-state index in [-0.39, 0.29) is 37.2 Å². The molecule has 2 aromatic rings. The first-order valence-corrected chi connectivity index (χ1v) is 16.2. The zero-order valence-electron chi connectivity index (χ0n) is 26.9. The van der Waals surface area contributed by atoms with E-state index < -0.39 is 96.5 Å². The quantitative estimate of drug-likeness (QED) is 0.142. The van der Waals surface area contributed by atoms with E-state index in [1.165, 1.54) is 43.9 Å². The average molecular weight is 691 g/mol. The molecule has 1 aromatic heterocycles. The fourth-order valence-corrected chi connectivity index (χ4v) is 8.03. The standard InChI is InChI=1S/C34H42O15/c1-33-13-23(17-8-10-45-15-17)49-32(42)34(33,43)9-7-18-21(12-19(36)27(38)26(18)33)46-25(37)6-4-16-3-5-20(22(11-16)44-2)47-31-30(41)29(40)28(39)24(14-35)48-31/h3-6,8,10-11,15,18-19,21,23-24,26-31,35-36,38-41,43H,7,9,12-14H2,1-2H3/b6-4+/t18-,19+,21+,23+,24-,26+,27+,28-,29+,30-,31-,33+,34-/m1/s1. The maximum absolute atomic E-state index is 13.2. The number of carbonyl (C=O) groups is 2. The van der Waals surface area contributed by atoms with E-state index in [9.17, 15) is 45.3 Å². The number of hydrogen-bond donors (Lipinski definition) is 7. The van der Waals surface area contributed by atoms with Crippen LogP contribution in [0.25, 0.3) is 6.08 Å². The molecule has 15 nitrogen and oxygen atoms in total. The van der Waals surface area contributed by atoms with Crippen LogP contribution in [0, 0.1) is 17.3 Å². The summed E-state index contributed by atoms with van der Waals surface area (Å²) >= 11 is 0. The molecule has 2 aliphatic carbocycles. The van der Waals surface area contributed by atoms with Gasteiger partial charge in [-0.3, -0.25) is 0 Å². The molecule has 13 atom stereocenters. The second-order valence-electron chi connectivity index (χ2n) is 13.5. The van der Waals surface area contributed by atoms with Gasteiger partial charge in [-0.2, -0.15) is 0 Å². The van der Waals surface area contributed by atoms with E-state index >= 15 is 0 Å². The summed E-state index contributed by atoms with van der Waals surface area (Å²) in [6, 6.07) is 6.24. The lowest BCUT2D eigenvalue weighted by atomic mass is 9.47. The number of cyclic esters (lactones) is 1. The smallest absolute Gasteiger partial charge is 0.339 e. The number of benzene rings is 1. The van der Waals surface area contributed by atoms with E-state index in [0.29, 0.717) is 11.1 Å². The minimum absolute atomic E-state index is 0.0195. The third kappa shape index (κ3) is 6.23. The summed E-state index contributed by atoms with van der Waals surface area (Å²) in [6.45, 7) is 1.09. The van der Waals surface area contributed by atoms with Gasteiger partial charge in [-0.05, 0) is 49.1 Å². The Kier molecular flexibility index (Phi) is 9.82. The molecule has 2 saturated heterocycles. The van der Waals surface area contributed by atoms with Crippen molar-refractivity contribution in [2.75, 3.05) is 13.7 Å². The Morgan fingerprint density at radius 1 is 1.06 bits per heavy atom. The lowest BCUT2D eigenvalue weighted by Gasteiger charge is -2.61. The number of ether oxygens (including phenoxy) is 5. The van der Waals surface area contributed by atoms with Crippen molar-refractivity contribution in [2.45, 2.75) is 93.3 Å². The van der Waals surface area contributed by atoms with Crippen LogP contribution in [-0.2, 0) is 23.8 Å². The Morgan fingerprint density at radius 2 is 1.84 bits per heavy atom. The van der Waals surface area contributed by atoms with E-state index in [2.05, 4.69) is 0 Å². The minimum atomic E-state index is -1.92. The SMILES string of the molecule is COc1cc(/C=C/C(=O)O[C@H]2C[C@H](O)[C@H](O)[C@@H]3[C@@H]2CC[C@@]2(O)C(=O)O[C@H](c4ccoc4)C[C@@]32C)ccc1O[C@@H]1O[C@H](CO)[C@@H](O)[C@H](O)[C@H]1O. The van der Waals surface area contributed by atoms with Crippen LogP contribution in [0.3, 0.4) is 0 Å². The van der Waals surface area contributed by atoms with Crippen LogP contribution in [0.5, 0.6) is 11.5 Å². The van der Waals surface area contributed by atoms with Crippen LogP contribution in [0.4, 0.5) is 0 Å². The van der Waals surface area contributed by atoms with Crippen molar-refractivity contribution in [3.05, 3.63) is 54.0 Å². The molecule has 4 fully saturated rings. The Bertz CT molecular complexity index is 1530. The van der Waals surface area contributed by atoms with E-state index in [1.54, 1.807) is 19.1 Å². The highest BCUT2D eigenvalue weighted by Gasteiger charge is 2.69. The summed E-state index contributed by atoms with van der Waals surface area (Å²) < 4.78 is 33.1. The van der Waals surface area contributed by atoms with Gasteiger partial charge in [0.15, 0.2) is 17.1 Å². The zero-order valence-corrected chi connectivity index (χ0v) is 26.9. The lowest BCUT2D eigenvalue weighted by Crippen LogP contribution is -2.70. The molecule has 15 heteroatoms. The number of aliphatic hydroxyl groups excluding tert-OH is 6. The predicted octanol–water partition coefficient (Wildman–Crippen LogP) is -0.0308. The molecule has 3 heterocycles. The summed E-state index contributed by atoms with van der Waals surface area (Å²) in [7, 11) is 1.37. The number of hydrogen-bond acceptors (Lipinski definition) is 15. The molecular formula is C34H42O15. The minimum Gasteiger partial charge on any atom is -0.493 e. The van der Waals surface area contributed by atoms with Crippen LogP contribution in [-0.4, -0.2) is 116 Å². The topological polar surface area (TPSA) is 235 Å². The van der Waals surface area contributed by atoms with Crippen molar-refractivity contribution in [1.82, 2.24) is 0 Å². The monoisotopic (exact) mass is 690 g/mol. The molecule has 49 heavy (non-hydrogen) atoms. The Hall–Kier alpha value is -3.54. The number of aliphatic hydroxyl groups is 7. The van der Waals surface area contributed by atoms with Gasteiger partial charge in [0.1, 0.15) is 36.6 Å². The molecule has 2 saturated carbocycles. The normalized spacial score (nSPS) is 40.6. The van der Waals surface area contributed by atoms with Gasteiger partial charge >= 0.3 is 11.9 Å². The van der Waals surface area contributed by atoms with Crippen molar-refractivity contribution in [3.8, 4) is 11.5 Å². The molecule has 1 aromatic carbocycles. The van der Waals surface area contributed by atoms with Crippen LogP contribution in [0.2, 0.25) is 0 Å². The molecule has 0 spiro atoms. The molecular weight excluding hydrogens is 648 g/mol. The Morgan fingerprint density at radius 3 is 2.53 bits per heavy atom. The van der Waals surface area contributed by atoms with E-state index in [1.807, 2.05) is 0 Å². The molecule has 4 aliphatic rings. The number of esters is 2. The molecule has 7 N–H and O–H groups in total. The number of furan rings is 1. The van der Waals surface area contributed by atoms with Crippen molar-refractivity contribution < 1.29 is 73.4 Å². The van der Waals surface area contributed by atoms with Crippen molar-refractivity contribution >= 4 is 18.0 Å². The molecule has 0 unspecified atom stereocenters. The molecule has 0 bridgehead atoms. The summed E-state index contributed by atoms with van der Waals surface area (Å²) in [5, 5.41) is 73.7. The van der Waals surface area contributed by atoms with Crippen molar-refractivity contribution in [3.63, 3.8) is 0 Å². The molecule has 6 rings (SSSR count). The highest BCUT2D eigenvalue weighted by atomic mass is 16.7. The maximum Gasteiger partial charge on any atom is 0.339 e. The number of rotatable bonds is 8. The lowest BCUT2D eigenvalue weighted by molar-refractivity contribution is -0.277. The van der Waals surface area contributed by atoms with Crippen LogP contribution in [0.15, 0.2) is 47.3 Å². The summed E-state index contributed by atoms with van der Waals surface area (Å²) in [5.41, 5.74) is -2.06. The largest absolute Gasteiger partial charge is 0.493 e. The predicted molar refractivity (Wildman–Crippen MR) is 164 cm³/mol. The third-order valence-corrected chi connectivity index (χ3v) is 10.8. The van der Waals surface area contributed by atoms with Gasteiger partial charge in [-0.15, -0.1) is 0 Å². The first kappa shape index (κ1) is 35.3. The fraction of sp³-hybridized carbons (Fsp3) is 0.588. The highest BCUT2D eigenvalue weighted by molar-refractivity contribution is 5.87. The van der Waals surface area contributed by atoms with Gasteiger partial charge < -0.3 is 63.8 Å².